The van der Waals surface area contributed by atoms with Crippen molar-refractivity contribution >= 4 is 5.69 Å². The highest BCUT2D eigenvalue weighted by molar-refractivity contribution is 5.50. The van der Waals surface area contributed by atoms with Crippen LogP contribution >= 0.6 is 0 Å². The van der Waals surface area contributed by atoms with E-state index in [-0.39, 0.29) is 0 Å². The fourth-order valence-electron chi connectivity index (χ4n) is 1.80. The second-order valence-electron chi connectivity index (χ2n) is 4.13. The van der Waals surface area contributed by atoms with Gasteiger partial charge >= 0.3 is 0 Å². The van der Waals surface area contributed by atoms with Gasteiger partial charge in [0.05, 0.1) is 0 Å². The molecule has 1 aliphatic rings. The number of aliphatic hydroxyl groups is 1. The fraction of sp³-hybridized carbons (Fsp3) is 0.500. The van der Waals surface area contributed by atoms with E-state index in [0.717, 1.165) is 6.54 Å². The van der Waals surface area contributed by atoms with Crippen molar-refractivity contribution in [2.75, 3.05) is 18.5 Å². The molecule has 0 saturated heterocycles. The van der Waals surface area contributed by atoms with Gasteiger partial charge in [-0.2, -0.15) is 0 Å². The molecule has 0 aliphatic heterocycles. The Hall–Kier alpha value is -1.02. The minimum absolute atomic E-state index is 0.347. The molecule has 0 heterocycles. The molecule has 0 amide bonds. The molecule has 2 atom stereocenters. The zero-order chi connectivity index (χ0) is 9.97. The van der Waals surface area contributed by atoms with E-state index in [1.807, 2.05) is 12.1 Å². The highest BCUT2D eigenvalue weighted by Crippen LogP contribution is 2.37. The van der Waals surface area contributed by atoms with Crippen molar-refractivity contribution in [3.63, 3.8) is 0 Å². The number of benzene rings is 1. The van der Waals surface area contributed by atoms with Crippen molar-refractivity contribution in [3.05, 3.63) is 29.8 Å². The summed E-state index contributed by atoms with van der Waals surface area (Å²) in [7, 11) is 0. The van der Waals surface area contributed by atoms with Gasteiger partial charge in [0, 0.05) is 18.8 Å². The molecule has 0 radical (unpaired) electrons. The molecule has 1 fully saturated rings. The molecule has 0 spiro atoms. The number of hydrogen-bond acceptors (Lipinski definition) is 2. The van der Waals surface area contributed by atoms with Crippen molar-refractivity contribution < 1.29 is 5.11 Å². The van der Waals surface area contributed by atoms with Crippen LogP contribution in [0, 0.1) is 18.8 Å². The van der Waals surface area contributed by atoms with Crippen LogP contribution in [0.1, 0.15) is 12.0 Å². The van der Waals surface area contributed by atoms with E-state index < -0.39 is 0 Å². The van der Waals surface area contributed by atoms with E-state index in [1.54, 1.807) is 0 Å². The molecule has 0 bridgehead atoms. The summed E-state index contributed by atoms with van der Waals surface area (Å²) in [6.45, 7) is 3.45. The third kappa shape index (κ3) is 2.07. The van der Waals surface area contributed by atoms with Gasteiger partial charge in [-0.15, -0.1) is 0 Å². The van der Waals surface area contributed by atoms with Crippen LogP contribution in [-0.4, -0.2) is 18.3 Å². The molecule has 2 heteroatoms. The lowest BCUT2D eigenvalue weighted by Gasteiger charge is -2.08. The smallest absolute Gasteiger partial charge is 0.0462 e. The predicted octanol–water partition coefficient (Wildman–Crippen LogP) is 2.04. The van der Waals surface area contributed by atoms with E-state index in [0.29, 0.717) is 18.4 Å². The monoisotopic (exact) mass is 191 g/mol. The van der Waals surface area contributed by atoms with Crippen molar-refractivity contribution in [2.24, 2.45) is 11.8 Å². The number of hydrogen-bond donors (Lipinski definition) is 2. The Morgan fingerprint density at radius 2 is 2.14 bits per heavy atom. The van der Waals surface area contributed by atoms with Crippen LogP contribution in [0.4, 0.5) is 5.69 Å². The minimum Gasteiger partial charge on any atom is -0.396 e. The van der Waals surface area contributed by atoms with Gasteiger partial charge in [0.25, 0.3) is 0 Å². The molecule has 76 valence electrons. The second kappa shape index (κ2) is 4.01. The van der Waals surface area contributed by atoms with Crippen LogP contribution in [0.2, 0.25) is 0 Å². The van der Waals surface area contributed by atoms with Crippen LogP contribution < -0.4 is 5.32 Å². The number of anilines is 1. The van der Waals surface area contributed by atoms with Gasteiger partial charge in [-0.3, -0.25) is 0 Å². The van der Waals surface area contributed by atoms with Crippen molar-refractivity contribution in [1.29, 1.82) is 0 Å². The van der Waals surface area contributed by atoms with Crippen molar-refractivity contribution in [3.8, 4) is 0 Å². The molecule has 2 rings (SSSR count). The van der Waals surface area contributed by atoms with Gasteiger partial charge in [-0.05, 0) is 36.8 Å². The molecule has 1 aromatic carbocycles. The molecule has 1 aliphatic carbocycles. The molecule has 14 heavy (non-hydrogen) atoms. The zero-order valence-corrected chi connectivity index (χ0v) is 8.53. The maximum absolute atomic E-state index is 8.90. The number of rotatable bonds is 4. The van der Waals surface area contributed by atoms with Crippen molar-refractivity contribution in [1.82, 2.24) is 0 Å². The lowest BCUT2D eigenvalue weighted by molar-refractivity contribution is 0.270. The van der Waals surface area contributed by atoms with E-state index >= 15 is 0 Å². The van der Waals surface area contributed by atoms with Crippen molar-refractivity contribution in [2.45, 2.75) is 13.3 Å². The summed E-state index contributed by atoms with van der Waals surface area (Å²) < 4.78 is 0. The van der Waals surface area contributed by atoms with Crippen LogP contribution in [0.25, 0.3) is 0 Å². The topological polar surface area (TPSA) is 32.3 Å². The van der Waals surface area contributed by atoms with Crippen LogP contribution in [-0.2, 0) is 0 Å². The molecule has 0 unspecified atom stereocenters. The summed E-state index contributed by atoms with van der Waals surface area (Å²) in [5.41, 5.74) is 2.50. The quantitative estimate of drug-likeness (QED) is 0.763. The maximum atomic E-state index is 8.90. The summed E-state index contributed by atoms with van der Waals surface area (Å²) >= 11 is 0. The van der Waals surface area contributed by atoms with E-state index in [9.17, 15) is 0 Å². The van der Waals surface area contributed by atoms with Crippen LogP contribution in [0.3, 0.4) is 0 Å². The highest BCUT2D eigenvalue weighted by atomic mass is 16.3. The predicted molar refractivity (Wildman–Crippen MR) is 58.4 cm³/mol. The number of para-hydroxylation sites is 1. The SMILES string of the molecule is Cc1ccccc1NC[C@@H]1C[C@@H]1CO. The molecule has 1 saturated carbocycles. The van der Waals surface area contributed by atoms with Gasteiger partial charge in [-0.25, -0.2) is 0 Å². The first-order chi connectivity index (χ1) is 6.81. The second-order valence-corrected chi connectivity index (χ2v) is 4.13. The van der Waals surface area contributed by atoms with Crippen LogP contribution in [0.15, 0.2) is 24.3 Å². The van der Waals surface area contributed by atoms with Crippen LogP contribution in [0.5, 0.6) is 0 Å². The standard InChI is InChI=1S/C12H17NO/c1-9-4-2-3-5-12(9)13-7-10-6-11(10)8-14/h2-5,10-11,13-14H,6-8H2,1H3/t10-,11+/m0/s1. The number of aryl methyl sites for hydroxylation is 1. The lowest BCUT2D eigenvalue weighted by Crippen LogP contribution is -2.06. The van der Waals surface area contributed by atoms with Gasteiger partial charge < -0.3 is 10.4 Å². The molecule has 0 aromatic heterocycles. The third-order valence-electron chi connectivity index (χ3n) is 3.00. The number of nitrogens with one attached hydrogen (secondary N) is 1. The normalized spacial score (nSPS) is 24.7. The van der Waals surface area contributed by atoms with Gasteiger partial charge in [0.2, 0.25) is 0 Å². The summed E-state index contributed by atoms with van der Waals surface area (Å²) in [5.74, 6) is 1.23. The van der Waals surface area contributed by atoms with E-state index in [4.69, 9.17) is 5.11 Å². The largest absolute Gasteiger partial charge is 0.396 e. The Bertz CT molecular complexity index is 311. The lowest BCUT2D eigenvalue weighted by atomic mass is 10.2. The maximum Gasteiger partial charge on any atom is 0.0462 e. The van der Waals surface area contributed by atoms with Gasteiger partial charge in [0.1, 0.15) is 0 Å². The number of aliphatic hydroxyl groups excluding tert-OH is 1. The van der Waals surface area contributed by atoms with Gasteiger partial charge in [0.15, 0.2) is 0 Å². The summed E-state index contributed by atoms with van der Waals surface area (Å²) in [6.07, 6.45) is 1.18. The Kier molecular flexibility index (Phi) is 2.73. The fourth-order valence-corrected chi connectivity index (χ4v) is 1.80. The molecule has 1 aromatic rings. The van der Waals surface area contributed by atoms with E-state index in [2.05, 4.69) is 24.4 Å². The average Bonchev–Trinajstić information content (AvgIpc) is 2.95. The Morgan fingerprint density at radius 1 is 1.36 bits per heavy atom. The summed E-state index contributed by atoms with van der Waals surface area (Å²) in [5, 5.41) is 12.3. The average molecular weight is 191 g/mol. The minimum atomic E-state index is 0.347. The molecule has 2 nitrogen and oxygen atoms in total. The summed E-state index contributed by atoms with van der Waals surface area (Å²) in [4.78, 5) is 0. The zero-order valence-electron chi connectivity index (χ0n) is 8.53. The Labute approximate surface area is 85.0 Å². The summed E-state index contributed by atoms with van der Waals surface area (Å²) in [6, 6.07) is 8.31. The Morgan fingerprint density at radius 3 is 2.79 bits per heavy atom. The molecule has 2 N–H and O–H groups in total. The first-order valence-corrected chi connectivity index (χ1v) is 5.21. The Balaban J connectivity index is 1.84. The first kappa shape index (κ1) is 9.53. The third-order valence-corrected chi connectivity index (χ3v) is 3.00. The molecular formula is C12H17NO. The first-order valence-electron chi connectivity index (χ1n) is 5.21. The molecular weight excluding hydrogens is 174 g/mol. The van der Waals surface area contributed by atoms with E-state index in [1.165, 1.54) is 17.7 Å². The highest BCUT2D eigenvalue weighted by Gasteiger charge is 2.35. The van der Waals surface area contributed by atoms with Gasteiger partial charge in [-0.1, -0.05) is 18.2 Å².